The molecule has 0 aliphatic heterocycles. The summed E-state index contributed by atoms with van der Waals surface area (Å²) < 4.78 is 7.96. The van der Waals surface area contributed by atoms with Crippen molar-refractivity contribution in [1.82, 2.24) is 24.9 Å². The maximum Gasteiger partial charge on any atom is 0.257 e. The number of fused-ring (bicyclic) bond motifs is 2. The van der Waals surface area contributed by atoms with E-state index in [0.717, 1.165) is 5.01 Å². The molecule has 0 aliphatic carbocycles. The molecule has 196 valence electrons. The molecule has 2 aromatic carbocycles. The lowest BCUT2D eigenvalue weighted by Crippen LogP contribution is -2.28. The highest BCUT2D eigenvalue weighted by molar-refractivity contribution is 7.09. The molecule has 1 amide bonds. The molecule has 4 aromatic heterocycles. The summed E-state index contributed by atoms with van der Waals surface area (Å²) in [6.07, 6.45) is 3.35. The molecule has 9 heteroatoms. The lowest BCUT2D eigenvalue weighted by atomic mass is 9.97. The van der Waals surface area contributed by atoms with Gasteiger partial charge in [0, 0.05) is 23.3 Å². The van der Waals surface area contributed by atoms with Crippen LogP contribution in [0.4, 0.5) is 0 Å². The molecule has 6 aromatic rings. The Morgan fingerprint density at radius 3 is 2.67 bits per heavy atom. The van der Waals surface area contributed by atoms with Gasteiger partial charge in [-0.25, -0.2) is 14.5 Å². The van der Waals surface area contributed by atoms with E-state index in [0.29, 0.717) is 56.0 Å². The van der Waals surface area contributed by atoms with Gasteiger partial charge in [0.15, 0.2) is 5.65 Å². The Balaban J connectivity index is 1.48. The first-order valence-corrected chi connectivity index (χ1v) is 13.5. The molecule has 0 spiro atoms. The normalized spacial score (nSPS) is 11.8. The Bertz CT molecular complexity index is 2030. The topological polar surface area (TPSA) is 102 Å². The lowest BCUT2D eigenvalue weighted by molar-refractivity contribution is 0.0936. The highest BCUT2D eigenvalue weighted by Crippen LogP contribution is 2.30. The number of aromatic nitrogens is 4. The first kappa shape index (κ1) is 25.2. The Labute approximate surface area is 233 Å². The van der Waals surface area contributed by atoms with E-state index in [1.807, 2.05) is 42.6 Å². The van der Waals surface area contributed by atoms with Gasteiger partial charge in [-0.1, -0.05) is 42.3 Å². The standard InChI is InChI=1S/C31H23N5O3S/c1-18-25(30-32-15-8-16-36(30)35-18)31(38)33-19(2)29-27(21-9-5-4-6-10-21)28(37)26-22(11-7-12-24(26)39-29)13-14-23-17-40-20(3)34-23/h4-12,15-17,19H,1-3H3,(H,33,38). The zero-order valence-corrected chi connectivity index (χ0v) is 22.7. The van der Waals surface area contributed by atoms with Crippen LogP contribution in [0.3, 0.4) is 0 Å². The molecule has 0 saturated carbocycles. The number of carbonyl (C=O) groups excluding carboxylic acids is 1. The summed E-state index contributed by atoms with van der Waals surface area (Å²) in [5, 5.41) is 10.6. The summed E-state index contributed by atoms with van der Waals surface area (Å²) in [5.41, 5.74) is 3.77. The van der Waals surface area contributed by atoms with Gasteiger partial charge in [0.25, 0.3) is 5.91 Å². The predicted molar refractivity (Wildman–Crippen MR) is 154 cm³/mol. The highest BCUT2D eigenvalue weighted by atomic mass is 32.1. The van der Waals surface area contributed by atoms with Crippen molar-refractivity contribution >= 4 is 33.9 Å². The van der Waals surface area contributed by atoms with Crippen LogP contribution in [0.2, 0.25) is 0 Å². The summed E-state index contributed by atoms with van der Waals surface area (Å²) in [7, 11) is 0. The second-order valence-corrected chi connectivity index (χ2v) is 10.3. The van der Waals surface area contributed by atoms with Crippen LogP contribution in [0.1, 0.15) is 51.0 Å². The minimum atomic E-state index is -0.648. The SMILES string of the molecule is Cc1nc(C#Cc2cccc3oc(C(C)NC(=O)c4c(C)nn5cccnc45)c(-c4ccccc4)c(=O)c23)cs1. The van der Waals surface area contributed by atoms with Crippen molar-refractivity contribution in [3.63, 3.8) is 0 Å². The van der Waals surface area contributed by atoms with Crippen LogP contribution < -0.4 is 10.7 Å². The monoisotopic (exact) mass is 545 g/mol. The molecule has 6 rings (SSSR count). The summed E-state index contributed by atoms with van der Waals surface area (Å²) in [6, 6.07) is 15.7. The van der Waals surface area contributed by atoms with Crippen LogP contribution in [-0.2, 0) is 0 Å². The van der Waals surface area contributed by atoms with Gasteiger partial charge in [-0.15, -0.1) is 11.3 Å². The predicted octanol–water partition coefficient (Wildman–Crippen LogP) is 5.47. The number of aryl methyl sites for hydroxylation is 2. The van der Waals surface area contributed by atoms with Gasteiger partial charge in [-0.2, -0.15) is 5.10 Å². The number of hydrogen-bond acceptors (Lipinski definition) is 7. The van der Waals surface area contributed by atoms with Gasteiger partial charge in [-0.3, -0.25) is 9.59 Å². The zero-order chi connectivity index (χ0) is 27.8. The van der Waals surface area contributed by atoms with Crippen LogP contribution >= 0.6 is 11.3 Å². The van der Waals surface area contributed by atoms with Gasteiger partial charge in [0.2, 0.25) is 5.43 Å². The van der Waals surface area contributed by atoms with E-state index in [4.69, 9.17) is 4.42 Å². The number of hydrogen-bond donors (Lipinski definition) is 1. The van der Waals surface area contributed by atoms with E-state index in [2.05, 4.69) is 32.2 Å². The fraction of sp³-hybridized carbons (Fsp3) is 0.129. The minimum Gasteiger partial charge on any atom is -0.458 e. The van der Waals surface area contributed by atoms with Crippen LogP contribution in [-0.4, -0.2) is 25.5 Å². The Morgan fingerprint density at radius 1 is 1.07 bits per heavy atom. The molecule has 4 heterocycles. The first-order chi connectivity index (χ1) is 19.4. The molecule has 40 heavy (non-hydrogen) atoms. The lowest BCUT2D eigenvalue weighted by Gasteiger charge is -2.18. The van der Waals surface area contributed by atoms with E-state index >= 15 is 0 Å². The summed E-state index contributed by atoms with van der Waals surface area (Å²) in [5.74, 6) is 6.15. The molecule has 8 nitrogen and oxygen atoms in total. The smallest absolute Gasteiger partial charge is 0.257 e. The number of carbonyl (C=O) groups is 1. The quantitative estimate of drug-likeness (QED) is 0.295. The number of rotatable bonds is 4. The Hall–Kier alpha value is -5.07. The third kappa shape index (κ3) is 4.55. The van der Waals surface area contributed by atoms with E-state index in [1.165, 1.54) is 11.3 Å². The van der Waals surface area contributed by atoms with Crippen molar-refractivity contribution in [1.29, 1.82) is 0 Å². The largest absolute Gasteiger partial charge is 0.458 e. The molecular formula is C31H23N5O3S. The third-order valence-electron chi connectivity index (χ3n) is 6.49. The first-order valence-electron chi connectivity index (χ1n) is 12.6. The van der Waals surface area contributed by atoms with E-state index < -0.39 is 6.04 Å². The zero-order valence-electron chi connectivity index (χ0n) is 21.9. The summed E-state index contributed by atoms with van der Waals surface area (Å²) in [4.78, 5) is 36.3. The van der Waals surface area contributed by atoms with Crippen molar-refractivity contribution in [2.24, 2.45) is 0 Å². The number of nitrogens with one attached hydrogen (secondary N) is 1. The fourth-order valence-corrected chi connectivity index (χ4v) is 5.24. The van der Waals surface area contributed by atoms with E-state index in [1.54, 1.807) is 55.0 Å². The van der Waals surface area contributed by atoms with E-state index in [9.17, 15) is 9.59 Å². The van der Waals surface area contributed by atoms with Crippen LogP contribution in [0.5, 0.6) is 0 Å². The van der Waals surface area contributed by atoms with Gasteiger partial charge in [0.05, 0.1) is 27.7 Å². The second kappa shape index (κ2) is 10.2. The molecule has 0 saturated heterocycles. The average Bonchev–Trinajstić information content (AvgIpc) is 3.53. The maximum atomic E-state index is 14.2. The molecule has 1 atom stereocenters. The molecule has 0 bridgehead atoms. The molecule has 1 N–H and O–H groups in total. The number of amides is 1. The Kier molecular flexibility index (Phi) is 6.46. The van der Waals surface area contributed by atoms with Crippen molar-refractivity contribution in [3.05, 3.63) is 116 Å². The average molecular weight is 546 g/mol. The second-order valence-electron chi connectivity index (χ2n) is 9.26. The fourth-order valence-electron chi connectivity index (χ4n) is 4.69. The van der Waals surface area contributed by atoms with Gasteiger partial charge >= 0.3 is 0 Å². The highest BCUT2D eigenvalue weighted by Gasteiger charge is 2.26. The van der Waals surface area contributed by atoms with Gasteiger partial charge in [0.1, 0.15) is 22.6 Å². The van der Waals surface area contributed by atoms with Crippen molar-refractivity contribution in [3.8, 4) is 23.0 Å². The molecule has 0 radical (unpaired) electrons. The van der Waals surface area contributed by atoms with E-state index in [-0.39, 0.29) is 11.3 Å². The third-order valence-corrected chi connectivity index (χ3v) is 7.27. The van der Waals surface area contributed by atoms with Crippen LogP contribution in [0.15, 0.2) is 81.6 Å². The van der Waals surface area contributed by atoms with Crippen LogP contribution in [0.25, 0.3) is 27.7 Å². The number of benzene rings is 2. The van der Waals surface area contributed by atoms with Gasteiger partial charge < -0.3 is 9.73 Å². The molecule has 0 fully saturated rings. The summed E-state index contributed by atoms with van der Waals surface area (Å²) >= 11 is 1.52. The van der Waals surface area contributed by atoms with Gasteiger partial charge in [-0.05, 0) is 50.5 Å². The van der Waals surface area contributed by atoms with Crippen molar-refractivity contribution in [2.45, 2.75) is 26.8 Å². The molecule has 0 aliphatic rings. The van der Waals surface area contributed by atoms with Crippen LogP contribution in [0, 0.1) is 25.7 Å². The minimum absolute atomic E-state index is 0.225. The van der Waals surface area contributed by atoms with Crippen molar-refractivity contribution in [2.75, 3.05) is 0 Å². The number of thiazole rings is 1. The summed E-state index contributed by atoms with van der Waals surface area (Å²) in [6.45, 7) is 5.47. The number of nitrogens with zero attached hydrogens (tertiary/aromatic N) is 4. The molecule has 1 unspecified atom stereocenters. The maximum absolute atomic E-state index is 14.2. The molecular weight excluding hydrogens is 522 g/mol. The Morgan fingerprint density at radius 2 is 1.90 bits per heavy atom. The van der Waals surface area contributed by atoms with Crippen molar-refractivity contribution < 1.29 is 9.21 Å².